The van der Waals surface area contributed by atoms with Crippen LogP contribution in [0.1, 0.15) is 59.8 Å². The predicted molar refractivity (Wildman–Crippen MR) is 84.0 cm³/mol. The second-order valence-electron chi connectivity index (χ2n) is 6.09. The third-order valence-electron chi connectivity index (χ3n) is 4.28. The Bertz CT molecular complexity index is 337. The Morgan fingerprint density at radius 2 is 1.84 bits per heavy atom. The first kappa shape index (κ1) is 16.4. The lowest BCUT2D eigenvalue weighted by atomic mass is 9.77. The molecule has 3 nitrogen and oxygen atoms in total. The van der Waals surface area contributed by atoms with Crippen LogP contribution < -0.4 is 5.73 Å². The molecule has 1 aliphatic heterocycles. The zero-order valence-corrected chi connectivity index (χ0v) is 13.6. The monoisotopic (exact) mass is 284 g/mol. The summed E-state index contributed by atoms with van der Waals surface area (Å²) in [6, 6.07) is 0.310. The smallest absolute Gasteiger partial charge is 0.235 e. The Labute approximate surface area is 122 Å². The first-order valence-corrected chi connectivity index (χ1v) is 7.90. The van der Waals surface area contributed by atoms with Crippen molar-refractivity contribution in [2.75, 3.05) is 6.54 Å². The number of carbonyl (C=O) groups is 1. The summed E-state index contributed by atoms with van der Waals surface area (Å²) in [5.41, 5.74) is 5.36. The normalized spacial score (nSPS) is 23.7. The molecule has 4 heteroatoms. The molecule has 2 N–H and O–H groups in total. The summed E-state index contributed by atoms with van der Waals surface area (Å²) >= 11 is 5.27. The highest BCUT2D eigenvalue weighted by atomic mass is 32.1. The van der Waals surface area contributed by atoms with E-state index in [9.17, 15) is 4.79 Å². The zero-order chi connectivity index (χ0) is 14.6. The number of rotatable bonds is 6. The van der Waals surface area contributed by atoms with Gasteiger partial charge < -0.3 is 10.6 Å². The Kier molecular flexibility index (Phi) is 5.78. The molecule has 2 unspecified atom stereocenters. The molecule has 0 aromatic rings. The molecule has 110 valence electrons. The van der Waals surface area contributed by atoms with Crippen molar-refractivity contribution < 1.29 is 4.79 Å². The quantitative estimate of drug-likeness (QED) is 0.762. The first-order valence-electron chi connectivity index (χ1n) is 7.50. The number of amides is 1. The Balaban J connectivity index is 3.02. The highest BCUT2D eigenvalue weighted by molar-refractivity contribution is 7.80. The van der Waals surface area contributed by atoms with Crippen molar-refractivity contribution >= 4 is 23.1 Å². The Morgan fingerprint density at radius 3 is 2.16 bits per heavy atom. The maximum atomic E-state index is 13.0. The molecule has 1 heterocycles. The van der Waals surface area contributed by atoms with E-state index < -0.39 is 5.41 Å². The summed E-state index contributed by atoms with van der Waals surface area (Å²) < 4.78 is 0. The van der Waals surface area contributed by atoms with Crippen molar-refractivity contribution in [2.24, 2.45) is 17.1 Å². The van der Waals surface area contributed by atoms with Gasteiger partial charge in [0.15, 0.2) is 0 Å². The summed E-state index contributed by atoms with van der Waals surface area (Å²) in [5, 5.41) is 0. The van der Waals surface area contributed by atoms with Crippen LogP contribution in [0, 0.1) is 11.3 Å². The molecule has 1 rings (SSSR count). The molecule has 1 saturated heterocycles. The topological polar surface area (TPSA) is 46.3 Å². The third-order valence-corrected chi connectivity index (χ3v) is 4.67. The van der Waals surface area contributed by atoms with Gasteiger partial charge in [-0.1, -0.05) is 45.8 Å². The number of thiocarbonyl (C=S) groups is 1. The third kappa shape index (κ3) is 3.28. The fourth-order valence-electron chi connectivity index (χ4n) is 3.40. The van der Waals surface area contributed by atoms with Crippen LogP contribution in [-0.2, 0) is 4.79 Å². The Morgan fingerprint density at radius 1 is 1.32 bits per heavy atom. The number of hydrogen-bond acceptors (Lipinski definition) is 2. The van der Waals surface area contributed by atoms with E-state index in [4.69, 9.17) is 18.0 Å². The van der Waals surface area contributed by atoms with Gasteiger partial charge in [0.05, 0.1) is 10.4 Å². The zero-order valence-electron chi connectivity index (χ0n) is 12.7. The minimum Gasteiger partial charge on any atom is -0.392 e. The molecule has 2 atom stereocenters. The van der Waals surface area contributed by atoms with Gasteiger partial charge in [0, 0.05) is 12.6 Å². The molecule has 0 radical (unpaired) electrons. The predicted octanol–water partition coefficient (Wildman–Crippen LogP) is 3.12. The van der Waals surface area contributed by atoms with Crippen molar-refractivity contribution in [2.45, 2.75) is 65.8 Å². The van der Waals surface area contributed by atoms with Crippen LogP contribution in [0.5, 0.6) is 0 Å². The maximum absolute atomic E-state index is 13.0. The second-order valence-corrected chi connectivity index (χ2v) is 6.53. The average Bonchev–Trinajstić information content (AvgIpc) is 2.66. The van der Waals surface area contributed by atoms with E-state index in [0.717, 1.165) is 38.6 Å². The second kappa shape index (κ2) is 6.69. The summed E-state index contributed by atoms with van der Waals surface area (Å²) in [6.07, 6.45) is 4.48. The van der Waals surface area contributed by atoms with Crippen molar-refractivity contribution in [3.63, 3.8) is 0 Å². The van der Waals surface area contributed by atoms with Crippen molar-refractivity contribution in [1.29, 1.82) is 0 Å². The van der Waals surface area contributed by atoms with Gasteiger partial charge >= 0.3 is 0 Å². The van der Waals surface area contributed by atoms with Crippen LogP contribution in [0.25, 0.3) is 0 Å². The summed E-state index contributed by atoms with van der Waals surface area (Å²) in [4.78, 5) is 15.4. The van der Waals surface area contributed by atoms with Crippen LogP contribution in [0.2, 0.25) is 0 Å². The SMILES string of the molecule is CCCC(CCC)(C(=O)N1CC(C)CC1C)C(N)=S. The first-order chi connectivity index (χ1) is 8.89. The van der Waals surface area contributed by atoms with Crippen LogP contribution in [-0.4, -0.2) is 28.4 Å². The molecule has 0 aromatic heterocycles. The van der Waals surface area contributed by atoms with Gasteiger partial charge in [0.25, 0.3) is 0 Å². The van der Waals surface area contributed by atoms with Crippen molar-refractivity contribution in [1.82, 2.24) is 4.90 Å². The number of nitrogens with two attached hydrogens (primary N) is 1. The van der Waals surface area contributed by atoms with Gasteiger partial charge in [-0.05, 0) is 32.1 Å². The molecule has 0 bridgehead atoms. The van der Waals surface area contributed by atoms with E-state index in [0.29, 0.717) is 16.9 Å². The fraction of sp³-hybridized carbons (Fsp3) is 0.867. The fourth-order valence-corrected chi connectivity index (χ4v) is 3.69. The van der Waals surface area contributed by atoms with Crippen molar-refractivity contribution in [3.8, 4) is 0 Å². The molecular formula is C15H28N2OS. The summed E-state index contributed by atoms with van der Waals surface area (Å²) in [7, 11) is 0. The molecule has 0 aliphatic carbocycles. The minimum atomic E-state index is -0.614. The number of likely N-dealkylation sites (tertiary alicyclic amines) is 1. The Hall–Kier alpha value is -0.640. The highest BCUT2D eigenvalue weighted by Crippen LogP contribution is 2.36. The number of nitrogens with zero attached hydrogens (tertiary/aromatic N) is 1. The van der Waals surface area contributed by atoms with Gasteiger partial charge in [-0.15, -0.1) is 0 Å². The van der Waals surface area contributed by atoms with Crippen LogP contribution in [0.15, 0.2) is 0 Å². The molecule has 0 aromatic carbocycles. The minimum absolute atomic E-state index is 0.167. The standard InChI is InChI=1S/C15H28N2OS/c1-5-7-15(8-6-2,13(16)19)14(18)17-10-11(3)9-12(17)4/h11-12H,5-10H2,1-4H3,(H2,16,19). The van der Waals surface area contributed by atoms with Gasteiger partial charge in [0.2, 0.25) is 5.91 Å². The molecule has 19 heavy (non-hydrogen) atoms. The molecular weight excluding hydrogens is 256 g/mol. The van der Waals surface area contributed by atoms with Gasteiger partial charge in [-0.3, -0.25) is 4.79 Å². The van der Waals surface area contributed by atoms with E-state index >= 15 is 0 Å². The largest absolute Gasteiger partial charge is 0.392 e. The van der Waals surface area contributed by atoms with Gasteiger partial charge in [-0.2, -0.15) is 0 Å². The van der Waals surface area contributed by atoms with Crippen molar-refractivity contribution in [3.05, 3.63) is 0 Å². The summed E-state index contributed by atoms with van der Waals surface area (Å²) in [6.45, 7) is 9.35. The lowest BCUT2D eigenvalue weighted by Gasteiger charge is -2.36. The average molecular weight is 284 g/mol. The maximum Gasteiger partial charge on any atom is 0.235 e. The van der Waals surface area contributed by atoms with E-state index in [2.05, 4.69) is 27.7 Å². The van der Waals surface area contributed by atoms with E-state index in [1.54, 1.807) is 0 Å². The lowest BCUT2D eigenvalue weighted by Crippen LogP contribution is -2.51. The van der Waals surface area contributed by atoms with Crippen LogP contribution in [0.4, 0.5) is 0 Å². The van der Waals surface area contributed by atoms with Crippen LogP contribution >= 0.6 is 12.2 Å². The molecule has 0 spiro atoms. The van der Waals surface area contributed by atoms with Crippen LogP contribution in [0.3, 0.4) is 0 Å². The van der Waals surface area contributed by atoms with E-state index in [-0.39, 0.29) is 5.91 Å². The van der Waals surface area contributed by atoms with E-state index in [1.165, 1.54) is 0 Å². The molecule has 0 saturated carbocycles. The lowest BCUT2D eigenvalue weighted by molar-refractivity contribution is -0.139. The summed E-state index contributed by atoms with van der Waals surface area (Å²) in [5.74, 6) is 0.742. The molecule has 1 amide bonds. The number of carbonyl (C=O) groups excluding carboxylic acids is 1. The molecule has 1 fully saturated rings. The highest BCUT2D eigenvalue weighted by Gasteiger charge is 2.45. The molecule has 1 aliphatic rings. The number of hydrogen-bond donors (Lipinski definition) is 1. The van der Waals surface area contributed by atoms with E-state index in [1.807, 2.05) is 4.90 Å². The van der Waals surface area contributed by atoms with Gasteiger partial charge in [-0.25, -0.2) is 0 Å². The van der Waals surface area contributed by atoms with Gasteiger partial charge in [0.1, 0.15) is 0 Å².